The summed E-state index contributed by atoms with van der Waals surface area (Å²) in [7, 11) is 3.57. The van der Waals surface area contributed by atoms with E-state index in [1.54, 1.807) is 11.8 Å². The fourth-order valence-corrected chi connectivity index (χ4v) is 3.98. The number of aryl methyl sites for hydroxylation is 2. The van der Waals surface area contributed by atoms with Crippen LogP contribution in [0.2, 0.25) is 5.02 Å². The number of methoxy groups -OCH3 is 1. The van der Waals surface area contributed by atoms with Gasteiger partial charge < -0.3 is 9.84 Å². The molecule has 1 aromatic carbocycles. The Labute approximate surface area is 147 Å². The molecule has 3 rings (SSSR count). The van der Waals surface area contributed by atoms with Crippen LogP contribution in [0.3, 0.4) is 0 Å². The summed E-state index contributed by atoms with van der Waals surface area (Å²) in [5.41, 5.74) is 2.89. The topological polar surface area (TPSA) is 50.5 Å². The number of hydrogen-bond donors (Lipinski definition) is 1. The van der Waals surface area contributed by atoms with Crippen molar-refractivity contribution in [3.8, 4) is 5.88 Å². The summed E-state index contributed by atoms with van der Waals surface area (Å²) in [6.07, 6.45) is 1.53. The number of likely N-dealkylation sites (tertiary alicyclic amines) is 1. The van der Waals surface area contributed by atoms with Crippen molar-refractivity contribution in [3.05, 3.63) is 46.1 Å². The molecular weight excluding hydrogens is 326 g/mol. The van der Waals surface area contributed by atoms with E-state index in [-0.39, 0.29) is 6.04 Å². The van der Waals surface area contributed by atoms with Gasteiger partial charge in [0.15, 0.2) is 0 Å². The second-order valence-corrected chi connectivity index (χ2v) is 6.73. The average Bonchev–Trinajstić information content (AvgIpc) is 3.10. The number of aliphatic hydroxyl groups is 1. The van der Waals surface area contributed by atoms with Crippen molar-refractivity contribution in [2.45, 2.75) is 31.9 Å². The molecule has 1 N–H and O–H groups in total. The second kappa shape index (κ2) is 7.13. The smallest absolute Gasteiger partial charge is 0.216 e. The second-order valence-electron chi connectivity index (χ2n) is 6.32. The molecule has 2 aromatic rings. The summed E-state index contributed by atoms with van der Waals surface area (Å²) in [5.74, 6) is 0.802. The maximum Gasteiger partial charge on any atom is 0.216 e. The summed E-state index contributed by atoms with van der Waals surface area (Å²) in [4.78, 5) is 2.31. The molecule has 0 bridgehead atoms. The summed E-state index contributed by atoms with van der Waals surface area (Å²) in [6, 6.07) is 7.69. The van der Waals surface area contributed by atoms with Crippen LogP contribution in [0.5, 0.6) is 5.88 Å². The Morgan fingerprint density at radius 2 is 2.17 bits per heavy atom. The lowest BCUT2D eigenvalue weighted by Gasteiger charge is -2.27. The molecule has 2 heterocycles. The van der Waals surface area contributed by atoms with E-state index in [1.807, 2.05) is 38.2 Å². The van der Waals surface area contributed by atoms with Crippen LogP contribution in [0, 0.1) is 6.92 Å². The summed E-state index contributed by atoms with van der Waals surface area (Å²) < 4.78 is 7.34. The number of aliphatic hydroxyl groups excluding tert-OH is 1. The molecule has 0 spiro atoms. The minimum Gasteiger partial charge on any atom is -0.481 e. The molecule has 0 saturated carbocycles. The molecule has 1 aliphatic heterocycles. The molecule has 24 heavy (non-hydrogen) atoms. The van der Waals surface area contributed by atoms with E-state index in [0.717, 1.165) is 42.1 Å². The highest BCUT2D eigenvalue weighted by molar-refractivity contribution is 6.31. The summed E-state index contributed by atoms with van der Waals surface area (Å²) in [6.45, 7) is 3.51. The van der Waals surface area contributed by atoms with Gasteiger partial charge in [-0.05, 0) is 32.4 Å². The van der Waals surface area contributed by atoms with Crippen molar-refractivity contribution >= 4 is 11.6 Å². The van der Waals surface area contributed by atoms with Crippen LogP contribution >= 0.6 is 11.6 Å². The minimum absolute atomic E-state index is 0.214. The van der Waals surface area contributed by atoms with Gasteiger partial charge in [0, 0.05) is 30.2 Å². The number of benzene rings is 1. The van der Waals surface area contributed by atoms with Crippen LogP contribution in [0.4, 0.5) is 0 Å². The predicted molar refractivity (Wildman–Crippen MR) is 94.5 cm³/mol. The predicted octanol–water partition coefficient (Wildman–Crippen LogP) is 3.26. The van der Waals surface area contributed by atoms with Crippen LogP contribution in [-0.2, 0) is 7.05 Å². The number of ether oxygens (including phenoxy) is 1. The monoisotopic (exact) mass is 349 g/mol. The van der Waals surface area contributed by atoms with E-state index in [2.05, 4.69) is 10.00 Å². The van der Waals surface area contributed by atoms with E-state index in [4.69, 9.17) is 16.3 Å². The number of aromatic nitrogens is 2. The van der Waals surface area contributed by atoms with Crippen molar-refractivity contribution < 1.29 is 9.84 Å². The summed E-state index contributed by atoms with van der Waals surface area (Å²) >= 11 is 6.22. The normalized spacial score (nSPS) is 19.6. The van der Waals surface area contributed by atoms with Gasteiger partial charge in [0.25, 0.3) is 0 Å². The number of halogens is 1. The Hall–Kier alpha value is -1.56. The van der Waals surface area contributed by atoms with Gasteiger partial charge in [-0.2, -0.15) is 5.10 Å². The van der Waals surface area contributed by atoms with Gasteiger partial charge in [-0.3, -0.25) is 4.90 Å². The first-order valence-corrected chi connectivity index (χ1v) is 8.64. The number of β-amino-alcohol motifs (C(OH)–C–C–N with tert-alkyl or cyclic N) is 1. The number of rotatable bonds is 5. The first-order valence-electron chi connectivity index (χ1n) is 8.27. The van der Waals surface area contributed by atoms with Crippen LogP contribution in [-0.4, -0.2) is 40.0 Å². The third-order valence-corrected chi connectivity index (χ3v) is 5.12. The van der Waals surface area contributed by atoms with Crippen LogP contribution in [0.1, 0.15) is 41.8 Å². The zero-order chi connectivity index (χ0) is 17.3. The lowest BCUT2D eigenvalue weighted by Crippen LogP contribution is -2.29. The zero-order valence-corrected chi connectivity index (χ0v) is 15.1. The maximum atomic E-state index is 10.6. The van der Waals surface area contributed by atoms with Gasteiger partial charge in [0.1, 0.15) is 0 Å². The molecule has 2 atom stereocenters. The molecule has 2 unspecified atom stereocenters. The first-order chi connectivity index (χ1) is 11.5. The lowest BCUT2D eigenvalue weighted by molar-refractivity contribution is 0.105. The molecule has 1 aromatic heterocycles. The molecule has 6 heteroatoms. The Balaban J connectivity index is 1.83. The van der Waals surface area contributed by atoms with Gasteiger partial charge in [0.05, 0.1) is 24.5 Å². The lowest BCUT2D eigenvalue weighted by atomic mass is 10.0. The van der Waals surface area contributed by atoms with Crippen LogP contribution < -0.4 is 4.74 Å². The van der Waals surface area contributed by atoms with Gasteiger partial charge in [0.2, 0.25) is 5.88 Å². The fraction of sp³-hybridized carbons (Fsp3) is 0.500. The number of hydrogen-bond acceptors (Lipinski definition) is 4. The number of nitrogens with zero attached hydrogens (tertiary/aromatic N) is 3. The largest absolute Gasteiger partial charge is 0.481 e. The molecule has 1 saturated heterocycles. The quantitative estimate of drug-likeness (QED) is 0.900. The Bertz CT molecular complexity index is 716. The highest BCUT2D eigenvalue weighted by Crippen LogP contribution is 2.39. The molecule has 130 valence electrons. The highest BCUT2D eigenvalue weighted by atomic mass is 35.5. The van der Waals surface area contributed by atoms with Crippen molar-refractivity contribution in [2.24, 2.45) is 7.05 Å². The van der Waals surface area contributed by atoms with Gasteiger partial charge in [-0.1, -0.05) is 29.8 Å². The Kier molecular flexibility index (Phi) is 5.13. The fourth-order valence-electron chi connectivity index (χ4n) is 3.72. The molecular formula is C18H24ClN3O2. The minimum atomic E-state index is -0.609. The third kappa shape index (κ3) is 3.16. The SMILES string of the molecule is COc1c(C2CCCN2CC(O)c2ccccc2Cl)c(C)nn1C. The van der Waals surface area contributed by atoms with E-state index in [1.165, 1.54) is 0 Å². The van der Waals surface area contributed by atoms with Crippen molar-refractivity contribution in [2.75, 3.05) is 20.2 Å². The van der Waals surface area contributed by atoms with E-state index in [9.17, 15) is 5.11 Å². The maximum absolute atomic E-state index is 10.6. The Morgan fingerprint density at radius 3 is 2.88 bits per heavy atom. The van der Waals surface area contributed by atoms with E-state index in [0.29, 0.717) is 11.6 Å². The third-order valence-electron chi connectivity index (χ3n) is 4.78. The van der Waals surface area contributed by atoms with Gasteiger partial charge >= 0.3 is 0 Å². The van der Waals surface area contributed by atoms with E-state index < -0.39 is 6.10 Å². The van der Waals surface area contributed by atoms with Crippen molar-refractivity contribution in [1.29, 1.82) is 0 Å². The van der Waals surface area contributed by atoms with Crippen LogP contribution in [0.15, 0.2) is 24.3 Å². The summed E-state index contributed by atoms with van der Waals surface area (Å²) in [5, 5.41) is 15.8. The molecule has 1 aliphatic rings. The van der Waals surface area contributed by atoms with Crippen molar-refractivity contribution in [3.63, 3.8) is 0 Å². The van der Waals surface area contributed by atoms with Gasteiger partial charge in [-0.25, -0.2) is 4.68 Å². The van der Waals surface area contributed by atoms with E-state index >= 15 is 0 Å². The standard InChI is InChI=1S/C18H24ClN3O2/c1-12-17(18(24-3)21(2)20-12)15-9-6-10-22(15)11-16(23)13-7-4-5-8-14(13)19/h4-5,7-8,15-16,23H,6,9-11H2,1-3H3. The molecule has 0 aliphatic carbocycles. The van der Waals surface area contributed by atoms with Crippen molar-refractivity contribution in [1.82, 2.24) is 14.7 Å². The molecule has 5 nitrogen and oxygen atoms in total. The highest BCUT2D eigenvalue weighted by Gasteiger charge is 2.33. The average molecular weight is 350 g/mol. The molecule has 0 amide bonds. The Morgan fingerprint density at radius 1 is 1.42 bits per heavy atom. The molecule has 0 radical (unpaired) electrons. The molecule has 1 fully saturated rings. The zero-order valence-electron chi connectivity index (χ0n) is 14.4. The van der Waals surface area contributed by atoms with Gasteiger partial charge in [-0.15, -0.1) is 0 Å². The van der Waals surface area contributed by atoms with Crippen LogP contribution in [0.25, 0.3) is 0 Å². The first kappa shape index (κ1) is 17.3.